The number of nitrogens with zero attached hydrogens (tertiary/aromatic N) is 2. The number of aromatic nitrogens is 1. The van der Waals surface area contributed by atoms with Gasteiger partial charge < -0.3 is 5.32 Å². The van der Waals surface area contributed by atoms with Gasteiger partial charge in [-0.05, 0) is 37.8 Å². The first-order chi connectivity index (χ1) is 9.63. The third-order valence-electron chi connectivity index (χ3n) is 3.61. The zero-order valence-electron chi connectivity index (χ0n) is 11.5. The van der Waals surface area contributed by atoms with Crippen LogP contribution < -0.4 is 5.32 Å². The first-order valence-corrected chi connectivity index (χ1v) is 7.38. The van der Waals surface area contributed by atoms with Crippen LogP contribution in [0.5, 0.6) is 0 Å². The number of amides is 1. The van der Waals surface area contributed by atoms with E-state index in [1.54, 1.807) is 12.1 Å². The maximum atomic E-state index is 12.3. The van der Waals surface area contributed by atoms with Crippen LogP contribution in [-0.2, 0) is 6.42 Å². The van der Waals surface area contributed by atoms with E-state index in [9.17, 15) is 4.79 Å². The SMILES string of the molecule is CCCc1cc(C(=O)NC2CCCC2C#N)cc(Cl)n1. The lowest BCUT2D eigenvalue weighted by Gasteiger charge is -2.16. The summed E-state index contributed by atoms with van der Waals surface area (Å²) in [6.07, 6.45) is 4.46. The number of pyridine rings is 1. The molecule has 1 saturated carbocycles. The number of hydrogen-bond acceptors (Lipinski definition) is 3. The normalized spacial score (nSPS) is 21.4. The molecule has 0 saturated heterocycles. The van der Waals surface area contributed by atoms with Gasteiger partial charge >= 0.3 is 0 Å². The molecule has 106 valence electrons. The topological polar surface area (TPSA) is 65.8 Å². The number of carbonyl (C=O) groups excluding carboxylic acids is 1. The summed E-state index contributed by atoms with van der Waals surface area (Å²) in [6, 6.07) is 5.57. The van der Waals surface area contributed by atoms with Crippen molar-refractivity contribution in [3.63, 3.8) is 0 Å². The largest absolute Gasteiger partial charge is 0.348 e. The summed E-state index contributed by atoms with van der Waals surface area (Å²) in [7, 11) is 0. The number of aryl methyl sites for hydroxylation is 1. The highest BCUT2D eigenvalue weighted by molar-refractivity contribution is 6.29. The Labute approximate surface area is 124 Å². The van der Waals surface area contributed by atoms with Crippen molar-refractivity contribution in [2.45, 2.75) is 45.1 Å². The van der Waals surface area contributed by atoms with Crippen LogP contribution >= 0.6 is 11.6 Å². The Morgan fingerprint density at radius 2 is 2.35 bits per heavy atom. The maximum Gasteiger partial charge on any atom is 0.251 e. The van der Waals surface area contributed by atoms with Gasteiger partial charge in [-0.25, -0.2) is 4.98 Å². The summed E-state index contributed by atoms with van der Waals surface area (Å²) in [4.78, 5) is 16.5. The molecule has 2 atom stereocenters. The predicted molar refractivity (Wildman–Crippen MR) is 77.5 cm³/mol. The van der Waals surface area contributed by atoms with Gasteiger partial charge in [-0.1, -0.05) is 24.9 Å². The third-order valence-corrected chi connectivity index (χ3v) is 3.81. The molecule has 2 rings (SSSR count). The van der Waals surface area contributed by atoms with E-state index in [4.69, 9.17) is 16.9 Å². The Balaban J connectivity index is 2.11. The summed E-state index contributed by atoms with van der Waals surface area (Å²) >= 11 is 5.96. The molecule has 1 amide bonds. The molecule has 5 heteroatoms. The number of rotatable bonds is 4. The fourth-order valence-electron chi connectivity index (χ4n) is 2.61. The minimum absolute atomic E-state index is 0.0472. The Hall–Kier alpha value is -1.60. The summed E-state index contributed by atoms with van der Waals surface area (Å²) in [5.74, 6) is -0.245. The summed E-state index contributed by atoms with van der Waals surface area (Å²) in [5.41, 5.74) is 1.35. The van der Waals surface area contributed by atoms with Gasteiger partial charge in [0.2, 0.25) is 0 Å². The Kier molecular flexibility index (Phi) is 4.97. The predicted octanol–water partition coefficient (Wildman–Crippen LogP) is 3.11. The third kappa shape index (κ3) is 3.49. The number of hydrogen-bond donors (Lipinski definition) is 1. The number of nitrogens with one attached hydrogen (secondary N) is 1. The molecule has 1 N–H and O–H groups in total. The standard InChI is InChI=1S/C15H18ClN3O/c1-2-4-12-7-11(8-14(16)18-12)15(20)19-13-6-3-5-10(13)9-17/h7-8,10,13H,2-6H2,1H3,(H,19,20). The van der Waals surface area contributed by atoms with Crippen molar-refractivity contribution in [3.8, 4) is 6.07 Å². The van der Waals surface area contributed by atoms with E-state index >= 15 is 0 Å². The summed E-state index contributed by atoms with van der Waals surface area (Å²) in [5, 5.41) is 12.3. The highest BCUT2D eigenvalue weighted by atomic mass is 35.5. The molecule has 1 aromatic rings. The average Bonchev–Trinajstić information content (AvgIpc) is 2.85. The van der Waals surface area contributed by atoms with Gasteiger partial charge in [0.05, 0.1) is 12.0 Å². The molecule has 1 aliphatic rings. The minimum atomic E-state index is -0.168. The second-order valence-corrected chi connectivity index (χ2v) is 5.55. The van der Waals surface area contributed by atoms with Crippen molar-refractivity contribution in [1.82, 2.24) is 10.3 Å². The molecule has 2 unspecified atom stereocenters. The number of halogens is 1. The molecular weight excluding hydrogens is 274 g/mol. The van der Waals surface area contributed by atoms with Gasteiger partial charge in [0.15, 0.2) is 0 Å². The quantitative estimate of drug-likeness (QED) is 0.867. The summed E-state index contributed by atoms with van der Waals surface area (Å²) in [6.45, 7) is 2.05. The second kappa shape index (κ2) is 6.71. The highest BCUT2D eigenvalue weighted by Crippen LogP contribution is 2.25. The first kappa shape index (κ1) is 14.8. The molecule has 0 radical (unpaired) electrons. The molecule has 0 spiro atoms. The molecular formula is C15H18ClN3O. The maximum absolute atomic E-state index is 12.3. The van der Waals surface area contributed by atoms with E-state index in [1.165, 1.54) is 0 Å². The van der Waals surface area contributed by atoms with Crippen LogP contribution in [0.25, 0.3) is 0 Å². The van der Waals surface area contributed by atoms with Gasteiger partial charge in [0.25, 0.3) is 5.91 Å². The van der Waals surface area contributed by atoms with Crippen LogP contribution in [0, 0.1) is 17.2 Å². The van der Waals surface area contributed by atoms with E-state index in [0.29, 0.717) is 10.7 Å². The van der Waals surface area contributed by atoms with Crippen molar-refractivity contribution in [3.05, 3.63) is 28.5 Å². The van der Waals surface area contributed by atoms with Crippen molar-refractivity contribution >= 4 is 17.5 Å². The lowest BCUT2D eigenvalue weighted by atomic mass is 10.1. The Morgan fingerprint density at radius 1 is 1.55 bits per heavy atom. The summed E-state index contributed by atoms with van der Waals surface area (Å²) < 4.78 is 0. The van der Waals surface area contributed by atoms with Gasteiger partial charge in [0, 0.05) is 17.3 Å². The molecule has 1 heterocycles. The number of nitriles is 1. The molecule has 1 fully saturated rings. The lowest BCUT2D eigenvalue weighted by Crippen LogP contribution is -2.37. The van der Waals surface area contributed by atoms with Crippen molar-refractivity contribution in [2.75, 3.05) is 0 Å². The first-order valence-electron chi connectivity index (χ1n) is 7.01. The van der Waals surface area contributed by atoms with Crippen LogP contribution in [0.2, 0.25) is 5.15 Å². The van der Waals surface area contributed by atoms with Gasteiger partial charge in [-0.3, -0.25) is 4.79 Å². The second-order valence-electron chi connectivity index (χ2n) is 5.17. The van der Waals surface area contributed by atoms with Crippen LogP contribution in [-0.4, -0.2) is 16.9 Å². The Bertz CT molecular complexity index is 538. The zero-order chi connectivity index (χ0) is 14.5. The molecule has 1 aromatic heterocycles. The molecule has 0 bridgehead atoms. The van der Waals surface area contributed by atoms with E-state index in [-0.39, 0.29) is 17.9 Å². The molecule has 20 heavy (non-hydrogen) atoms. The van der Waals surface area contributed by atoms with Crippen LogP contribution in [0.1, 0.15) is 48.7 Å². The van der Waals surface area contributed by atoms with Gasteiger partial charge in [-0.2, -0.15) is 5.26 Å². The van der Waals surface area contributed by atoms with Crippen LogP contribution in [0.4, 0.5) is 0 Å². The zero-order valence-corrected chi connectivity index (χ0v) is 12.3. The van der Waals surface area contributed by atoms with E-state index < -0.39 is 0 Å². The fraction of sp³-hybridized carbons (Fsp3) is 0.533. The molecule has 0 aliphatic heterocycles. The minimum Gasteiger partial charge on any atom is -0.348 e. The van der Waals surface area contributed by atoms with Crippen LogP contribution in [0.15, 0.2) is 12.1 Å². The Morgan fingerprint density at radius 3 is 3.05 bits per heavy atom. The van der Waals surface area contributed by atoms with Crippen molar-refractivity contribution in [2.24, 2.45) is 5.92 Å². The molecule has 0 aromatic carbocycles. The van der Waals surface area contributed by atoms with Crippen LogP contribution in [0.3, 0.4) is 0 Å². The van der Waals surface area contributed by atoms with E-state index in [1.807, 2.05) is 0 Å². The van der Waals surface area contributed by atoms with Gasteiger partial charge in [-0.15, -0.1) is 0 Å². The highest BCUT2D eigenvalue weighted by Gasteiger charge is 2.28. The lowest BCUT2D eigenvalue weighted by molar-refractivity contribution is 0.0932. The number of carbonyl (C=O) groups is 1. The monoisotopic (exact) mass is 291 g/mol. The fourth-order valence-corrected chi connectivity index (χ4v) is 2.83. The average molecular weight is 292 g/mol. The van der Waals surface area contributed by atoms with Gasteiger partial charge in [0.1, 0.15) is 5.15 Å². The van der Waals surface area contributed by atoms with Crippen molar-refractivity contribution < 1.29 is 4.79 Å². The van der Waals surface area contributed by atoms with Crippen molar-refractivity contribution in [1.29, 1.82) is 5.26 Å². The molecule has 1 aliphatic carbocycles. The van der Waals surface area contributed by atoms with E-state index in [0.717, 1.165) is 37.8 Å². The molecule has 4 nitrogen and oxygen atoms in total. The van der Waals surface area contributed by atoms with E-state index in [2.05, 4.69) is 23.3 Å². The smallest absolute Gasteiger partial charge is 0.251 e.